The number of hydrogen-bond acceptors (Lipinski definition) is 4. The Labute approximate surface area is 252 Å². The maximum absolute atomic E-state index is 12.1. The summed E-state index contributed by atoms with van der Waals surface area (Å²) in [6, 6.07) is 27.1. The highest BCUT2D eigenvalue weighted by molar-refractivity contribution is 14.1. The van der Waals surface area contributed by atoms with Crippen molar-refractivity contribution in [3.05, 3.63) is 88.0 Å². The van der Waals surface area contributed by atoms with E-state index in [0.29, 0.717) is 6.61 Å². The standard InChI is InChI=1S/C32H40INO5Si/c1-31(2,3)39-30(37)34-27(29(35)36)22-23-17-18-28(26(33)21-23)38-19-20-40(32(4,5)6,24-13-9-7-10-14-24)25-15-11-8-12-16-25/h7-18,21,27H,19-20,22H2,1-6H3,(H,34,37)(H,35,36). The van der Waals surface area contributed by atoms with Gasteiger partial charge in [0.25, 0.3) is 0 Å². The van der Waals surface area contributed by atoms with Crippen LogP contribution in [0.25, 0.3) is 0 Å². The maximum Gasteiger partial charge on any atom is 0.408 e. The zero-order valence-corrected chi connectivity index (χ0v) is 27.3. The molecule has 2 N–H and O–H groups in total. The van der Waals surface area contributed by atoms with Crippen LogP contribution in [0, 0.1) is 3.57 Å². The molecule has 3 rings (SSSR count). The number of rotatable bonds is 10. The largest absolute Gasteiger partial charge is 0.493 e. The van der Waals surface area contributed by atoms with Crippen molar-refractivity contribution in [3.8, 4) is 5.75 Å². The molecule has 6 nitrogen and oxygen atoms in total. The molecule has 0 aromatic heterocycles. The Morgan fingerprint density at radius 2 is 1.45 bits per heavy atom. The van der Waals surface area contributed by atoms with E-state index in [4.69, 9.17) is 9.47 Å². The Balaban J connectivity index is 1.78. The molecule has 0 spiro atoms. The normalized spacial score (nSPS) is 12.9. The van der Waals surface area contributed by atoms with Crippen LogP contribution in [0.5, 0.6) is 5.75 Å². The van der Waals surface area contributed by atoms with Crippen LogP contribution in [0.2, 0.25) is 11.1 Å². The minimum Gasteiger partial charge on any atom is -0.493 e. The number of ether oxygens (including phenoxy) is 2. The molecule has 1 unspecified atom stereocenters. The van der Waals surface area contributed by atoms with Gasteiger partial charge in [0.05, 0.1) is 10.2 Å². The number of nitrogens with one attached hydrogen (secondary N) is 1. The minimum atomic E-state index is -2.24. The Morgan fingerprint density at radius 1 is 0.900 bits per heavy atom. The van der Waals surface area contributed by atoms with Gasteiger partial charge in [-0.3, -0.25) is 0 Å². The number of carboxylic acid groups (broad SMARTS) is 1. The molecule has 214 valence electrons. The fourth-order valence-electron chi connectivity index (χ4n) is 5.13. The van der Waals surface area contributed by atoms with Crippen LogP contribution >= 0.6 is 22.6 Å². The number of halogens is 1. The van der Waals surface area contributed by atoms with Crippen LogP contribution in [0.3, 0.4) is 0 Å². The SMILES string of the molecule is CC(C)(C)OC(=O)NC(Cc1ccc(OCC[Si](c2ccccc2)(c2ccccc2)C(C)(C)C)c(I)c1)C(=O)O. The van der Waals surface area contributed by atoms with Gasteiger partial charge in [-0.1, -0.05) is 97.9 Å². The van der Waals surface area contributed by atoms with E-state index in [1.54, 1.807) is 20.8 Å². The molecule has 40 heavy (non-hydrogen) atoms. The van der Waals surface area contributed by atoms with Gasteiger partial charge in [-0.05, 0) is 72.1 Å². The third-order valence-corrected chi connectivity index (χ3v) is 14.0. The predicted octanol–water partition coefficient (Wildman–Crippen LogP) is 6.25. The van der Waals surface area contributed by atoms with Gasteiger partial charge in [-0.25, -0.2) is 9.59 Å². The van der Waals surface area contributed by atoms with E-state index in [1.807, 2.05) is 18.2 Å². The first-order valence-electron chi connectivity index (χ1n) is 13.5. The van der Waals surface area contributed by atoms with Gasteiger partial charge >= 0.3 is 12.1 Å². The molecule has 0 aliphatic rings. The highest BCUT2D eigenvalue weighted by atomic mass is 127. The quantitative estimate of drug-likeness (QED) is 0.196. The molecule has 3 aromatic carbocycles. The van der Waals surface area contributed by atoms with E-state index in [0.717, 1.165) is 20.9 Å². The predicted molar refractivity (Wildman–Crippen MR) is 172 cm³/mol. The van der Waals surface area contributed by atoms with Crippen LogP contribution in [0.1, 0.15) is 47.1 Å². The van der Waals surface area contributed by atoms with Crippen LogP contribution < -0.4 is 20.4 Å². The molecule has 0 aliphatic heterocycles. The molecule has 0 aliphatic carbocycles. The Bertz CT molecular complexity index is 1250. The molecule has 8 heteroatoms. The summed E-state index contributed by atoms with van der Waals surface area (Å²) in [6.07, 6.45) is -0.620. The lowest BCUT2D eigenvalue weighted by Gasteiger charge is -2.44. The van der Waals surface area contributed by atoms with Crippen molar-refractivity contribution in [3.63, 3.8) is 0 Å². The van der Waals surface area contributed by atoms with Crippen LogP contribution in [-0.4, -0.2) is 43.5 Å². The summed E-state index contributed by atoms with van der Waals surface area (Å²) in [6.45, 7) is 12.8. The second-order valence-corrected chi connectivity index (χ2v) is 18.1. The van der Waals surface area contributed by atoms with Gasteiger partial charge in [-0.2, -0.15) is 0 Å². The average Bonchev–Trinajstić information content (AvgIpc) is 2.86. The van der Waals surface area contributed by atoms with E-state index in [9.17, 15) is 14.7 Å². The Morgan fingerprint density at radius 3 is 1.90 bits per heavy atom. The zero-order valence-electron chi connectivity index (χ0n) is 24.2. The van der Waals surface area contributed by atoms with E-state index >= 15 is 0 Å². The number of carbonyl (C=O) groups is 2. The molecule has 1 atom stereocenters. The number of aliphatic carboxylic acids is 1. The molecule has 0 fully saturated rings. The van der Waals surface area contributed by atoms with Crippen LogP contribution in [0.15, 0.2) is 78.9 Å². The third kappa shape index (κ3) is 8.10. The first-order chi connectivity index (χ1) is 18.7. The molecule has 0 saturated carbocycles. The number of carbonyl (C=O) groups excluding carboxylic acids is 1. The van der Waals surface area contributed by atoms with Gasteiger partial charge in [0, 0.05) is 6.42 Å². The summed E-state index contributed by atoms with van der Waals surface area (Å²) in [5, 5.41) is 14.9. The van der Waals surface area contributed by atoms with Crippen molar-refractivity contribution >= 4 is 53.1 Å². The number of alkyl carbamates (subject to hydrolysis) is 1. The van der Waals surface area contributed by atoms with Crippen molar-refractivity contribution in [2.45, 2.75) is 70.7 Å². The third-order valence-electron chi connectivity index (χ3n) is 6.97. The lowest BCUT2D eigenvalue weighted by molar-refractivity contribution is -0.139. The van der Waals surface area contributed by atoms with E-state index in [2.05, 4.69) is 109 Å². The van der Waals surface area contributed by atoms with Crippen molar-refractivity contribution in [2.75, 3.05) is 6.61 Å². The van der Waals surface area contributed by atoms with Gasteiger partial charge < -0.3 is 19.9 Å². The summed E-state index contributed by atoms with van der Waals surface area (Å²) in [7, 11) is -2.24. The molecule has 0 saturated heterocycles. The second-order valence-electron chi connectivity index (χ2n) is 12.0. The molecule has 3 aromatic rings. The summed E-state index contributed by atoms with van der Waals surface area (Å²) in [5.41, 5.74) is 0.0721. The van der Waals surface area contributed by atoms with Gasteiger partial charge in [0.15, 0.2) is 0 Å². The Hall–Kier alpha value is -2.85. The van der Waals surface area contributed by atoms with E-state index < -0.39 is 31.8 Å². The fraction of sp³-hybridized carbons (Fsp3) is 0.375. The summed E-state index contributed by atoms with van der Waals surface area (Å²) >= 11 is 2.22. The topological polar surface area (TPSA) is 84.9 Å². The lowest BCUT2D eigenvalue weighted by Crippen LogP contribution is -2.64. The smallest absolute Gasteiger partial charge is 0.408 e. The molecular formula is C32H40INO5Si. The number of benzene rings is 3. The highest BCUT2D eigenvalue weighted by Crippen LogP contribution is 2.38. The molecule has 0 heterocycles. The summed E-state index contributed by atoms with van der Waals surface area (Å²) in [4.78, 5) is 24.0. The van der Waals surface area contributed by atoms with E-state index in [1.165, 1.54) is 10.4 Å². The fourth-order valence-corrected chi connectivity index (χ4v) is 11.2. The highest BCUT2D eigenvalue weighted by Gasteiger charge is 2.47. The van der Waals surface area contributed by atoms with Crippen molar-refractivity contribution in [1.82, 2.24) is 5.32 Å². The van der Waals surface area contributed by atoms with Gasteiger partial charge in [0.1, 0.15) is 25.5 Å². The second kappa shape index (κ2) is 13.2. The van der Waals surface area contributed by atoms with Crippen molar-refractivity contribution in [2.24, 2.45) is 0 Å². The lowest BCUT2D eigenvalue weighted by atomic mass is 10.1. The van der Waals surface area contributed by atoms with E-state index in [-0.39, 0.29) is 11.5 Å². The average molecular weight is 674 g/mol. The number of amides is 1. The molecule has 0 bridgehead atoms. The van der Waals surface area contributed by atoms with Crippen LogP contribution in [0.4, 0.5) is 4.79 Å². The Kier molecular flexibility index (Phi) is 10.5. The molecular weight excluding hydrogens is 633 g/mol. The van der Waals surface area contributed by atoms with Crippen molar-refractivity contribution < 1.29 is 24.2 Å². The maximum atomic E-state index is 12.1. The monoisotopic (exact) mass is 673 g/mol. The summed E-state index contributed by atoms with van der Waals surface area (Å²) < 4.78 is 12.5. The van der Waals surface area contributed by atoms with Crippen molar-refractivity contribution in [1.29, 1.82) is 0 Å². The molecule has 0 radical (unpaired) electrons. The first-order valence-corrected chi connectivity index (χ1v) is 16.8. The summed E-state index contributed by atoms with van der Waals surface area (Å²) in [5.74, 6) is -0.360. The minimum absolute atomic E-state index is 0.0447. The van der Waals surface area contributed by atoms with Gasteiger partial charge in [-0.15, -0.1) is 0 Å². The molecule has 1 amide bonds. The number of hydrogen-bond donors (Lipinski definition) is 2. The zero-order chi connectivity index (χ0) is 29.6. The number of carboxylic acids is 1. The van der Waals surface area contributed by atoms with Gasteiger partial charge in [0.2, 0.25) is 0 Å². The first kappa shape index (κ1) is 31.7. The van der Waals surface area contributed by atoms with Crippen LogP contribution in [-0.2, 0) is 16.0 Å².